The van der Waals surface area contributed by atoms with Gasteiger partial charge in [-0.15, -0.1) is 35.7 Å². The predicted molar refractivity (Wildman–Crippen MR) is 206 cm³/mol. The van der Waals surface area contributed by atoms with Gasteiger partial charge in [0, 0.05) is 34.5 Å². The molecule has 51 heavy (non-hydrogen) atoms. The van der Waals surface area contributed by atoms with Gasteiger partial charge in [-0.05, 0) is 97.3 Å². The van der Waals surface area contributed by atoms with E-state index in [1.54, 1.807) is 0 Å². The third kappa shape index (κ3) is 7.75. The van der Waals surface area contributed by atoms with Crippen LogP contribution < -0.4 is 4.74 Å². The van der Waals surface area contributed by atoms with Gasteiger partial charge in [0.1, 0.15) is 5.82 Å². The second-order valence-corrected chi connectivity index (χ2v) is 15.3. The number of fused-ring (bicyclic) bond motifs is 3. The van der Waals surface area contributed by atoms with Crippen molar-refractivity contribution in [2.75, 3.05) is 0 Å². The molecule has 0 radical (unpaired) electrons. The van der Waals surface area contributed by atoms with Gasteiger partial charge in [0.15, 0.2) is 0 Å². The molecule has 0 unspecified atom stereocenters. The number of pyridine rings is 1. The van der Waals surface area contributed by atoms with Crippen LogP contribution in [0.1, 0.15) is 69.1 Å². The monoisotopic (exact) mass is 853 g/mol. The molecule has 4 aromatic carbocycles. The van der Waals surface area contributed by atoms with Crippen molar-refractivity contribution in [3.63, 3.8) is 0 Å². The van der Waals surface area contributed by atoms with E-state index < -0.39 is 0 Å². The second kappa shape index (κ2) is 14.6. The van der Waals surface area contributed by atoms with E-state index >= 15 is 0 Å². The molecule has 0 N–H and O–H groups in total. The maximum absolute atomic E-state index is 6.68. The Morgan fingerprint density at radius 1 is 0.804 bits per heavy atom. The van der Waals surface area contributed by atoms with Crippen LogP contribution in [0.2, 0.25) is 0 Å². The summed E-state index contributed by atoms with van der Waals surface area (Å²) in [4.78, 5) is 4.79. The van der Waals surface area contributed by atoms with Crippen molar-refractivity contribution >= 4 is 21.8 Å². The minimum absolute atomic E-state index is 0. The molecule has 262 valence electrons. The van der Waals surface area contributed by atoms with Crippen LogP contribution in [0.15, 0.2) is 91.1 Å². The van der Waals surface area contributed by atoms with E-state index in [0.717, 1.165) is 75.3 Å². The summed E-state index contributed by atoms with van der Waals surface area (Å²) in [5, 5.41) is 7.33. The quantitative estimate of drug-likeness (QED) is 0.136. The molecule has 0 amide bonds. The number of hydrogen-bond donors (Lipinski definition) is 0. The van der Waals surface area contributed by atoms with Crippen LogP contribution in [0.4, 0.5) is 0 Å². The Morgan fingerprint density at radius 2 is 1.59 bits per heavy atom. The van der Waals surface area contributed by atoms with Gasteiger partial charge in [0.05, 0.1) is 5.69 Å². The maximum Gasteiger partial charge on any atom is 2.00 e. The van der Waals surface area contributed by atoms with Crippen LogP contribution in [-0.2, 0) is 33.9 Å². The molecule has 0 bridgehead atoms. The van der Waals surface area contributed by atoms with Gasteiger partial charge in [-0.25, -0.2) is 4.98 Å². The average molecular weight is 854 g/mol. The molecule has 0 atom stereocenters. The van der Waals surface area contributed by atoms with Crippen molar-refractivity contribution in [1.29, 1.82) is 0 Å². The Hall–Kier alpha value is -4.47. The molecule has 7 aromatic rings. The fourth-order valence-corrected chi connectivity index (χ4v) is 6.95. The summed E-state index contributed by atoms with van der Waals surface area (Å²) in [6.45, 7) is 17.7. The first-order valence-corrected chi connectivity index (χ1v) is 17.7. The molecule has 3 aromatic heterocycles. The Balaban J connectivity index is 0.00000448. The minimum atomic E-state index is 0. The molecular formula is C45H46N4OPt. The number of benzene rings is 4. The van der Waals surface area contributed by atoms with Crippen LogP contribution in [0.3, 0.4) is 0 Å². The van der Waals surface area contributed by atoms with E-state index in [2.05, 4.69) is 139 Å². The standard InChI is InChI=1S/C45H46N4O.Pt/c1-29(2)22-33-14-17-41-40(26-33)39-16-15-37(28-42(39)48(41)43-23-30(3)19-21-46-43)50-38-25-34(18-20-45(6,7)8)24-36(27-38)49-32(5)44(31(4)47-49)35-12-10-9-11-13-35;/h9-17,19,21,23-26,29H,18,20,22H2,1-8H3;/q-2;+2. The zero-order valence-electron chi connectivity index (χ0n) is 30.9. The summed E-state index contributed by atoms with van der Waals surface area (Å²) < 4.78 is 10.9. The molecule has 0 aliphatic rings. The van der Waals surface area contributed by atoms with Crippen molar-refractivity contribution in [1.82, 2.24) is 19.3 Å². The Kier molecular flexibility index (Phi) is 10.4. The predicted octanol–water partition coefficient (Wildman–Crippen LogP) is 11.5. The van der Waals surface area contributed by atoms with Gasteiger partial charge in [0.2, 0.25) is 0 Å². The minimum Gasteiger partial charge on any atom is -0.509 e. The molecule has 0 fully saturated rings. The van der Waals surface area contributed by atoms with Crippen molar-refractivity contribution in [3.8, 4) is 34.1 Å². The third-order valence-corrected chi connectivity index (χ3v) is 9.34. The van der Waals surface area contributed by atoms with Crippen molar-refractivity contribution < 1.29 is 25.8 Å². The molecule has 6 heteroatoms. The van der Waals surface area contributed by atoms with Crippen molar-refractivity contribution in [2.24, 2.45) is 11.3 Å². The van der Waals surface area contributed by atoms with Gasteiger partial charge in [-0.1, -0.05) is 82.6 Å². The fraction of sp³-hybridized carbons (Fsp3) is 0.289. The van der Waals surface area contributed by atoms with E-state index in [4.69, 9.17) is 14.8 Å². The maximum atomic E-state index is 6.68. The smallest absolute Gasteiger partial charge is 0.509 e. The topological polar surface area (TPSA) is 44.9 Å². The number of nitrogens with zero attached hydrogens (tertiary/aromatic N) is 4. The molecule has 0 aliphatic heterocycles. The summed E-state index contributed by atoms with van der Waals surface area (Å²) in [5.74, 6) is 2.72. The van der Waals surface area contributed by atoms with E-state index in [1.165, 1.54) is 16.5 Å². The van der Waals surface area contributed by atoms with E-state index in [-0.39, 0.29) is 26.5 Å². The molecule has 0 saturated carbocycles. The van der Waals surface area contributed by atoms with Gasteiger partial charge in [-0.2, -0.15) is 16.7 Å². The first-order chi connectivity index (χ1) is 23.9. The van der Waals surface area contributed by atoms with Crippen LogP contribution >= 0.6 is 0 Å². The SMILES string of the molecule is Cc1ccnc(-n2c3[c-]c(Oc4[c-]c(-n5nc(C)c(-c6ccccc6)c5C)cc(CCC(C)(C)C)c4)ccc3c3cc(CC(C)C)ccc32)c1.[Pt+2]. The molecule has 7 rings (SSSR count). The van der Waals surface area contributed by atoms with Gasteiger partial charge < -0.3 is 9.30 Å². The number of aryl methyl sites for hydroxylation is 3. The van der Waals surface area contributed by atoms with E-state index in [9.17, 15) is 0 Å². The van der Waals surface area contributed by atoms with Gasteiger partial charge >= 0.3 is 21.1 Å². The number of ether oxygens (including phenoxy) is 1. The van der Waals surface area contributed by atoms with Crippen LogP contribution in [0, 0.1) is 44.2 Å². The summed E-state index contributed by atoms with van der Waals surface area (Å²) in [6, 6.07) is 37.2. The molecule has 0 spiro atoms. The summed E-state index contributed by atoms with van der Waals surface area (Å²) in [7, 11) is 0. The van der Waals surface area contributed by atoms with E-state index in [0.29, 0.717) is 17.4 Å². The number of aromatic nitrogens is 4. The van der Waals surface area contributed by atoms with E-state index in [1.807, 2.05) is 29.1 Å². The number of hydrogen-bond acceptors (Lipinski definition) is 3. The Labute approximate surface area is 317 Å². The molecule has 0 aliphatic carbocycles. The summed E-state index contributed by atoms with van der Waals surface area (Å²) >= 11 is 0. The van der Waals surface area contributed by atoms with Crippen molar-refractivity contribution in [3.05, 3.63) is 131 Å². The largest absolute Gasteiger partial charge is 2.00 e. The second-order valence-electron chi connectivity index (χ2n) is 15.3. The zero-order valence-corrected chi connectivity index (χ0v) is 33.1. The molecule has 0 saturated heterocycles. The van der Waals surface area contributed by atoms with Gasteiger partial charge in [0.25, 0.3) is 0 Å². The summed E-state index contributed by atoms with van der Waals surface area (Å²) in [6.07, 6.45) is 4.86. The third-order valence-electron chi connectivity index (χ3n) is 9.34. The van der Waals surface area contributed by atoms with Gasteiger partial charge in [-0.3, -0.25) is 4.68 Å². The summed E-state index contributed by atoms with van der Waals surface area (Å²) in [5.41, 5.74) is 11.1. The van der Waals surface area contributed by atoms with Crippen molar-refractivity contribution in [2.45, 2.75) is 74.7 Å². The molecular weight excluding hydrogens is 808 g/mol. The Morgan fingerprint density at radius 3 is 2.31 bits per heavy atom. The average Bonchev–Trinajstić information content (AvgIpc) is 3.55. The molecule has 3 heterocycles. The molecule has 5 nitrogen and oxygen atoms in total. The van der Waals surface area contributed by atoms with Crippen LogP contribution in [0.5, 0.6) is 11.5 Å². The normalized spacial score (nSPS) is 11.8. The number of rotatable bonds is 9. The van der Waals surface area contributed by atoms with Crippen LogP contribution in [-0.4, -0.2) is 19.3 Å². The van der Waals surface area contributed by atoms with Crippen LogP contribution in [0.25, 0.3) is 44.4 Å². The zero-order chi connectivity index (χ0) is 35.2. The Bertz CT molecular complexity index is 2330. The first-order valence-electron chi connectivity index (χ1n) is 17.7. The fourth-order valence-electron chi connectivity index (χ4n) is 6.95. The first kappa shape index (κ1) is 36.3.